The summed E-state index contributed by atoms with van der Waals surface area (Å²) in [6.07, 6.45) is 0. The molecule has 1 heterocycles. The van der Waals surface area contributed by atoms with Gasteiger partial charge in [0, 0.05) is 5.69 Å². The van der Waals surface area contributed by atoms with E-state index < -0.39 is 17.6 Å². The van der Waals surface area contributed by atoms with E-state index in [2.05, 4.69) is 5.32 Å². The van der Waals surface area contributed by atoms with Gasteiger partial charge in [-0.3, -0.25) is 9.59 Å². The van der Waals surface area contributed by atoms with Crippen molar-refractivity contribution in [3.05, 3.63) is 95.4 Å². The van der Waals surface area contributed by atoms with E-state index in [1.54, 1.807) is 42.5 Å². The highest BCUT2D eigenvalue weighted by atomic mass is 19.1. The van der Waals surface area contributed by atoms with Crippen LogP contribution in [-0.4, -0.2) is 18.4 Å². The first-order valence-electron chi connectivity index (χ1n) is 9.93. The number of imide groups is 1. The van der Waals surface area contributed by atoms with Crippen LogP contribution in [0.4, 0.5) is 15.8 Å². The Morgan fingerprint density at radius 2 is 1.65 bits per heavy atom. The Kier molecular flexibility index (Phi) is 5.54. The fourth-order valence-corrected chi connectivity index (χ4v) is 3.44. The molecule has 5 nitrogen and oxygen atoms in total. The monoisotopic (exact) mass is 416 g/mol. The number of hydrogen-bond donors (Lipinski definition) is 1. The van der Waals surface area contributed by atoms with Crippen LogP contribution < -0.4 is 15.0 Å². The van der Waals surface area contributed by atoms with E-state index in [-0.39, 0.29) is 11.3 Å². The Morgan fingerprint density at radius 1 is 0.935 bits per heavy atom. The summed E-state index contributed by atoms with van der Waals surface area (Å²) in [5, 5.41) is 2.96. The maximum Gasteiger partial charge on any atom is 0.282 e. The first-order valence-corrected chi connectivity index (χ1v) is 9.93. The van der Waals surface area contributed by atoms with Gasteiger partial charge >= 0.3 is 0 Å². The third-order valence-electron chi connectivity index (χ3n) is 4.92. The van der Waals surface area contributed by atoms with Crippen LogP contribution in [-0.2, 0) is 9.59 Å². The largest absolute Gasteiger partial charge is 0.494 e. The van der Waals surface area contributed by atoms with E-state index in [9.17, 15) is 14.0 Å². The molecule has 31 heavy (non-hydrogen) atoms. The molecule has 0 aromatic heterocycles. The molecule has 3 aromatic rings. The number of nitrogens with zero attached hydrogens (tertiary/aromatic N) is 1. The van der Waals surface area contributed by atoms with Gasteiger partial charge in [-0.1, -0.05) is 35.9 Å². The van der Waals surface area contributed by atoms with Crippen LogP contribution in [0.2, 0.25) is 0 Å². The Hall–Kier alpha value is -3.93. The number of amides is 2. The third-order valence-corrected chi connectivity index (χ3v) is 4.92. The average molecular weight is 416 g/mol. The average Bonchev–Trinajstić information content (AvgIpc) is 2.99. The number of anilines is 2. The maximum atomic E-state index is 13.7. The molecular weight excluding hydrogens is 395 g/mol. The lowest BCUT2D eigenvalue weighted by atomic mass is 10.0. The summed E-state index contributed by atoms with van der Waals surface area (Å²) in [4.78, 5) is 27.8. The van der Waals surface area contributed by atoms with Crippen LogP contribution in [0.15, 0.2) is 78.5 Å². The Labute approximate surface area is 179 Å². The number of nitrogens with one attached hydrogen (secondary N) is 1. The van der Waals surface area contributed by atoms with E-state index in [1.807, 2.05) is 26.0 Å². The fraction of sp³-hybridized carbons (Fsp3) is 0.120. The summed E-state index contributed by atoms with van der Waals surface area (Å²) in [6.45, 7) is 4.33. The summed E-state index contributed by atoms with van der Waals surface area (Å²) in [5.41, 5.74) is 2.75. The van der Waals surface area contributed by atoms with Crippen molar-refractivity contribution in [3.8, 4) is 5.75 Å². The lowest BCUT2D eigenvalue weighted by molar-refractivity contribution is -0.120. The number of halogens is 1. The van der Waals surface area contributed by atoms with E-state index >= 15 is 0 Å². The summed E-state index contributed by atoms with van der Waals surface area (Å²) in [5.74, 6) is -0.724. The number of benzene rings is 3. The van der Waals surface area contributed by atoms with Gasteiger partial charge in [0.25, 0.3) is 11.8 Å². The summed E-state index contributed by atoms with van der Waals surface area (Å²) in [7, 11) is 0. The zero-order valence-electron chi connectivity index (χ0n) is 17.2. The molecule has 3 aromatic carbocycles. The standard InChI is InChI=1S/C25H21FN2O3/c1-3-31-21-13-9-17(10-14-21)22-23(27-19-6-4-5-18(26)15-19)25(30)28(24(22)29)20-11-7-16(2)8-12-20/h4-15,27H,3H2,1-2H3. The van der Waals surface area contributed by atoms with Crippen LogP contribution in [0.1, 0.15) is 18.1 Å². The minimum absolute atomic E-state index is 0.0975. The summed E-state index contributed by atoms with van der Waals surface area (Å²) >= 11 is 0. The Morgan fingerprint density at radius 3 is 2.29 bits per heavy atom. The van der Waals surface area contributed by atoms with Crippen molar-refractivity contribution in [2.75, 3.05) is 16.8 Å². The molecule has 0 atom stereocenters. The van der Waals surface area contributed by atoms with Gasteiger partial charge in [-0.2, -0.15) is 0 Å². The van der Waals surface area contributed by atoms with Crippen molar-refractivity contribution in [3.63, 3.8) is 0 Å². The SMILES string of the molecule is CCOc1ccc(C2=C(Nc3cccc(F)c3)C(=O)N(c3ccc(C)cc3)C2=O)cc1. The van der Waals surface area contributed by atoms with Crippen LogP contribution in [0.25, 0.3) is 5.57 Å². The molecule has 156 valence electrons. The molecule has 1 aliphatic rings. The first-order chi connectivity index (χ1) is 15.0. The molecule has 6 heteroatoms. The minimum atomic E-state index is -0.498. The zero-order chi connectivity index (χ0) is 22.0. The Bertz CT molecular complexity index is 1170. The van der Waals surface area contributed by atoms with Crippen LogP contribution in [0.3, 0.4) is 0 Å². The molecule has 0 saturated heterocycles. The predicted octanol–water partition coefficient (Wildman–Crippen LogP) is 4.93. The topological polar surface area (TPSA) is 58.6 Å². The predicted molar refractivity (Wildman–Crippen MR) is 118 cm³/mol. The van der Waals surface area contributed by atoms with Crippen LogP contribution in [0.5, 0.6) is 5.75 Å². The molecule has 0 bridgehead atoms. The smallest absolute Gasteiger partial charge is 0.282 e. The lowest BCUT2D eigenvalue weighted by Gasteiger charge is -2.15. The second-order valence-corrected chi connectivity index (χ2v) is 7.12. The maximum absolute atomic E-state index is 13.7. The summed E-state index contributed by atoms with van der Waals surface area (Å²) in [6, 6.07) is 19.9. The second kappa shape index (κ2) is 8.44. The van der Waals surface area contributed by atoms with E-state index in [0.29, 0.717) is 29.3 Å². The third kappa shape index (κ3) is 4.05. The van der Waals surface area contributed by atoms with E-state index in [4.69, 9.17) is 4.74 Å². The van der Waals surface area contributed by atoms with Gasteiger partial charge in [-0.05, 0) is 61.9 Å². The van der Waals surface area contributed by atoms with Crippen molar-refractivity contribution < 1.29 is 18.7 Å². The molecule has 0 spiro atoms. The first kappa shape index (κ1) is 20.3. The zero-order valence-corrected chi connectivity index (χ0v) is 17.2. The number of hydrogen-bond acceptors (Lipinski definition) is 4. The normalized spacial score (nSPS) is 13.7. The second-order valence-electron chi connectivity index (χ2n) is 7.12. The van der Waals surface area contributed by atoms with Crippen molar-refractivity contribution in [1.29, 1.82) is 0 Å². The van der Waals surface area contributed by atoms with Gasteiger partial charge in [0.1, 0.15) is 17.3 Å². The number of ether oxygens (including phenoxy) is 1. The van der Waals surface area contributed by atoms with E-state index in [0.717, 1.165) is 10.5 Å². The molecule has 0 fully saturated rings. The highest BCUT2D eigenvalue weighted by Crippen LogP contribution is 2.34. The number of rotatable bonds is 6. The Balaban J connectivity index is 1.79. The minimum Gasteiger partial charge on any atom is -0.494 e. The summed E-state index contributed by atoms with van der Waals surface area (Å²) < 4.78 is 19.2. The lowest BCUT2D eigenvalue weighted by Crippen LogP contribution is -2.32. The van der Waals surface area contributed by atoms with Crippen molar-refractivity contribution in [1.82, 2.24) is 0 Å². The molecule has 1 N–H and O–H groups in total. The number of carbonyl (C=O) groups is 2. The molecule has 1 aliphatic heterocycles. The van der Waals surface area contributed by atoms with Crippen molar-refractivity contribution in [2.45, 2.75) is 13.8 Å². The fourth-order valence-electron chi connectivity index (χ4n) is 3.44. The van der Waals surface area contributed by atoms with Gasteiger partial charge in [-0.15, -0.1) is 0 Å². The van der Waals surface area contributed by atoms with Gasteiger partial charge < -0.3 is 10.1 Å². The van der Waals surface area contributed by atoms with Crippen molar-refractivity contribution >= 4 is 28.8 Å². The van der Waals surface area contributed by atoms with Gasteiger partial charge in [-0.25, -0.2) is 9.29 Å². The van der Waals surface area contributed by atoms with Crippen LogP contribution in [0, 0.1) is 12.7 Å². The van der Waals surface area contributed by atoms with Crippen molar-refractivity contribution in [2.24, 2.45) is 0 Å². The van der Waals surface area contributed by atoms with Gasteiger partial charge in [0.05, 0.1) is 17.9 Å². The highest BCUT2D eigenvalue weighted by Gasteiger charge is 2.40. The van der Waals surface area contributed by atoms with E-state index in [1.165, 1.54) is 18.2 Å². The molecular formula is C25H21FN2O3. The number of aryl methyl sites for hydroxylation is 1. The molecule has 0 unspecified atom stereocenters. The van der Waals surface area contributed by atoms with Gasteiger partial charge in [0.2, 0.25) is 0 Å². The molecule has 2 amide bonds. The quantitative estimate of drug-likeness (QED) is 0.579. The molecule has 0 radical (unpaired) electrons. The molecule has 0 saturated carbocycles. The molecule has 0 aliphatic carbocycles. The van der Waals surface area contributed by atoms with Crippen LogP contribution >= 0.6 is 0 Å². The molecule has 4 rings (SSSR count). The highest BCUT2D eigenvalue weighted by molar-refractivity contribution is 6.46. The number of carbonyl (C=O) groups excluding carboxylic acids is 2. The van der Waals surface area contributed by atoms with Gasteiger partial charge in [0.15, 0.2) is 0 Å².